The van der Waals surface area contributed by atoms with E-state index in [0.717, 1.165) is 17.0 Å². The van der Waals surface area contributed by atoms with E-state index >= 15 is 0 Å². The van der Waals surface area contributed by atoms with Gasteiger partial charge in [0.05, 0.1) is 6.04 Å². The Kier molecular flexibility index (Phi) is 5.46. The monoisotopic (exact) mass is 311 g/mol. The third-order valence-electron chi connectivity index (χ3n) is 3.27. The van der Waals surface area contributed by atoms with Crippen molar-refractivity contribution in [2.45, 2.75) is 37.3 Å². The molecule has 1 aromatic carbocycles. The molecular weight excluding hydrogens is 294 g/mol. The lowest BCUT2D eigenvalue weighted by Crippen LogP contribution is -2.18. The molecule has 0 aliphatic heterocycles. The van der Waals surface area contributed by atoms with Crippen molar-refractivity contribution in [3.8, 4) is 0 Å². The predicted octanol–water partition coefficient (Wildman–Crippen LogP) is 4.06. The fraction of sp³-hybridized carbons (Fsp3) is 0.429. The molecule has 108 valence electrons. The van der Waals surface area contributed by atoms with Gasteiger partial charge in [-0.2, -0.15) is 0 Å². The quantitative estimate of drug-likeness (QED) is 0.815. The Labute approximate surface area is 128 Å². The highest BCUT2D eigenvalue weighted by Crippen LogP contribution is 2.28. The molecule has 0 aliphatic rings. The molecule has 20 heavy (non-hydrogen) atoms. The van der Waals surface area contributed by atoms with Gasteiger partial charge in [-0.25, -0.2) is 0 Å². The third-order valence-corrected chi connectivity index (χ3v) is 4.51. The number of rotatable bonds is 6. The summed E-state index contributed by atoms with van der Waals surface area (Å²) in [4.78, 5) is 0. The number of thioether (sulfide) groups is 1. The standard InChI is InChI=1S/C14H18ClN3OS/c1-3-9(2)12(16)13-17-18-14(19-13)20-8-10-6-4-5-7-11(10)15/h4-7,9,12H,3,8,16H2,1-2H3/t9-,12+/m1/s1. The number of nitrogens with zero attached hydrogens (tertiary/aromatic N) is 2. The van der Waals surface area contributed by atoms with Gasteiger partial charge in [-0.3, -0.25) is 0 Å². The normalized spacial score (nSPS) is 14.2. The van der Waals surface area contributed by atoms with Crippen LogP contribution in [0.1, 0.15) is 37.8 Å². The highest BCUT2D eigenvalue weighted by Gasteiger charge is 2.19. The first-order chi connectivity index (χ1) is 9.61. The third kappa shape index (κ3) is 3.75. The molecule has 0 aliphatic carbocycles. The summed E-state index contributed by atoms with van der Waals surface area (Å²) in [5.74, 6) is 1.51. The zero-order valence-corrected chi connectivity index (χ0v) is 13.1. The first-order valence-electron chi connectivity index (χ1n) is 6.57. The average molecular weight is 312 g/mol. The van der Waals surface area contributed by atoms with Crippen LogP contribution in [0.5, 0.6) is 0 Å². The number of halogens is 1. The van der Waals surface area contributed by atoms with E-state index in [9.17, 15) is 0 Å². The molecule has 6 heteroatoms. The highest BCUT2D eigenvalue weighted by molar-refractivity contribution is 7.98. The molecule has 0 unspecified atom stereocenters. The molecule has 0 fully saturated rings. The number of hydrogen-bond donors (Lipinski definition) is 1. The zero-order chi connectivity index (χ0) is 14.5. The number of hydrogen-bond acceptors (Lipinski definition) is 5. The van der Waals surface area contributed by atoms with Crippen LogP contribution in [0.15, 0.2) is 33.9 Å². The highest BCUT2D eigenvalue weighted by atomic mass is 35.5. The summed E-state index contributed by atoms with van der Waals surface area (Å²) in [5.41, 5.74) is 7.11. The Balaban J connectivity index is 1.98. The van der Waals surface area contributed by atoms with Gasteiger partial charge in [0.2, 0.25) is 5.89 Å². The lowest BCUT2D eigenvalue weighted by atomic mass is 10.0. The van der Waals surface area contributed by atoms with Crippen molar-refractivity contribution in [3.05, 3.63) is 40.7 Å². The van der Waals surface area contributed by atoms with Gasteiger partial charge in [0.1, 0.15) is 0 Å². The summed E-state index contributed by atoms with van der Waals surface area (Å²) in [6.45, 7) is 4.17. The van der Waals surface area contributed by atoms with Crippen LogP contribution in [-0.2, 0) is 5.75 Å². The zero-order valence-electron chi connectivity index (χ0n) is 11.5. The second-order valence-electron chi connectivity index (χ2n) is 4.70. The lowest BCUT2D eigenvalue weighted by Gasteiger charge is -2.13. The molecular formula is C14H18ClN3OS. The summed E-state index contributed by atoms with van der Waals surface area (Å²) in [7, 11) is 0. The van der Waals surface area contributed by atoms with Gasteiger partial charge in [-0.1, -0.05) is 61.8 Å². The van der Waals surface area contributed by atoms with Crippen molar-refractivity contribution < 1.29 is 4.42 Å². The SMILES string of the molecule is CC[C@@H](C)[C@H](N)c1nnc(SCc2ccccc2Cl)o1. The molecule has 2 N–H and O–H groups in total. The second-order valence-corrected chi connectivity index (χ2v) is 6.03. The molecule has 0 saturated heterocycles. The van der Waals surface area contributed by atoms with Crippen molar-refractivity contribution in [1.29, 1.82) is 0 Å². The Hall–Kier alpha value is -1.04. The maximum Gasteiger partial charge on any atom is 0.276 e. The minimum atomic E-state index is -0.206. The van der Waals surface area contributed by atoms with E-state index in [-0.39, 0.29) is 6.04 Å². The minimum absolute atomic E-state index is 0.206. The van der Waals surface area contributed by atoms with Gasteiger partial charge in [-0.15, -0.1) is 10.2 Å². The Bertz CT molecular complexity index is 561. The lowest BCUT2D eigenvalue weighted by molar-refractivity contribution is 0.333. The number of benzene rings is 1. The summed E-state index contributed by atoms with van der Waals surface area (Å²) in [5, 5.41) is 9.32. The Morgan fingerprint density at radius 2 is 2.10 bits per heavy atom. The molecule has 0 radical (unpaired) electrons. The summed E-state index contributed by atoms with van der Waals surface area (Å²) in [6, 6.07) is 7.52. The Morgan fingerprint density at radius 3 is 2.80 bits per heavy atom. The van der Waals surface area contributed by atoms with E-state index in [1.54, 1.807) is 0 Å². The van der Waals surface area contributed by atoms with Crippen LogP contribution in [0.4, 0.5) is 0 Å². The van der Waals surface area contributed by atoms with Crippen LogP contribution >= 0.6 is 23.4 Å². The summed E-state index contributed by atoms with van der Waals surface area (Å²) in [6.07, 6.45) is 0.978. The van der Waals surface area contributed by atoms with Crippen molar-refractivity contribution in [1.82, 2.24) is 10.2 Å². The molecule has 0 saturated carbocycles. The van der Waals surface area contributed by atoms with E-state index in [2.05, 4.69) is 24.0 Å². The molecule has 0 spiro atoms. The summed E-state index contributed by atoms with van der Waals surface area (Å²) < 4.78 is 5.60. The Morgan fingerprint density at radius 1 is 1.35 bits per heavy atom. The largest absolute Gasteiger partial charge is 0.414 e. The van der Waals surface area contributed by atoms with Gasteiger partial charge in [0.25, 0.3) is 5.22 Å². The molecule has 4 nitrogen and oxygen atoms in total. The first kappa shape index (κ1) is 15.4. The fourth-order valence-corrected chi connectivity index (χ4v) is 2.72. The van der Waals surface area contributed by atoms with Gasteiger partial charge in [0, 0.05) is 10.8 Å². The van der Waals surface area contributed by atoms with Crippen molar-refractivity contribution in [2.75, 3.05) is 0 Å². The van der Waals surface area contributed by atoms with Crippen molar-refractivity contribution in [2.24, 2.45) is 11.7 Å². The summed E-state index contributed by atoms with van der Waals surface area (Å²) >= 11 is 7.57. The van der Waals surface area contributed by atoms with Crippen LogP contribution in [0, 0.1) is 5.92 Å². The molecule has 2 aromatic rings. The fourth-order valence-electron chi connectivity index (χ4n) is 1.67. The predicted molar refractivity (Wildman–Crippen MR) is 81.7 cm³/mol. The van der Waals surface area contributed by atoms with E-state index < -0.39 is 0 Å². The van der Waals surface area contributed by atoms with Crippen LogP contribution in [0.25, 0.3) is 0 Å². The van der Waals surface area contributed by atoms with E-state index in [1.807, 2.05) is 24.3 Å². The molecule has 0 bridgehead atoms. The van der Waals surface area contributed by atoms with Crippen LogP contribution in [-0.4, -0.2) is 10.2 Å². The van der Waals surface area contributed by atoms with Crippen LogP contribution < -0.4 is 5.73 Å². The molecule has 2 rings (SSSR count). The van der Waals surface area contributed by atoms with E-state index in [4.69, 9.17) is 21.8 Å². The molecule has 1 heterocycles. The second kappa shape index (κ2) is 7.11. The maximum atomic E-state index is 6.11. The minimum Gasteiger partial charge on any atom is -0.414 e. The first-order valence-corrected chi connectivity index (χ1v) is 7.93. The van der Waals surface area contributed by atoms with Crippen molar-refractivity contribution >= 4 is 23.4 Å². The molecule has 0 amide bonds. The van der Waals surface area contributed by atoms with Gasteiger partial charge >= 0.3 is 0 Å². The molecule has 2 atom stereocenters. The van der Waals surface area contributed by atoms with Crippen LogP contribution in [0.2, 0.25) is 5.02 Å². The van der Waals surface area contributed by atoms with E-state index in [1.165, 1.54) is 11.8 Å². The smallest absolute Gasteiger partial charge is 0.276 e. The van der Waals surface area contributed by atoms with Crippen LogP contribution in [0.3, 0.4) is 0 Å². The van der Waals surface area contributed by atoms with E-state index in [0.29, 0.717) is 22.8 Å². The number of nitrogens with two attached hydrogens (primary N) is 1. The molecule has 1 aromatic heterocycles. The van der Waals surface area contributed by atoms with Gasteiger partial charge < -0.3 is 10.2 Å². The number of aromatic nitrogens is 2. The maximum absolute atomic E-state index is 6.11. The van der Waals surface area contributed by atoms with Crippen molar-refractivity contribution in [3.63, 3.8) is 0 Å². The van der Waals surface area contributed by atoms with Gasteiger partial charge in [-0.05, 0) is 17.5 Å². The average Bonchev–Trinajstić information content (AvgIpc) is 2.93. The van der Waals surface area contributed by atoms with Gasteiger partial charge in [0.15, 0.2) is 0 Å². The topological polar surface area (TPSA) is 64.9 Å².